The van der Waals surface area contributed by atoms with E-state index in [9.17, 15) is 5.11 Å². The van der Waals surface area contributed by atoms with E-state index in [4.69, 9.17) is 4.74 Å². The maximum Gasteiger partial charge on any atom is 0.0598 e. The summed E-state index contributed by atoms with van der Waals surface area (Å²) in [5.41, 5.74) is 1.07. The molecule has 0 saturated carbocycles. The van der Waals surface area contributed by atoms with E-state index in [0.717, 1.165) is 0 Å². The predicted molar refractivity (Wildman–Crippen MR) is 57.6 cm³/mol. The fraction of sp³-hybridized carbons (Fsp3) is 0.636. The third-order valence-electron chi connectivity index (χ3n) is 3.13. The van der Waals surface area contributed by atoms with Crippen LogP contribution >= 0.6 is 0 Å². The molecule has 0 amide bonds. The minimum absolute atomic E-state index is 0.133. The zero-order valence-corrected chi connectivity index (χ0v) is 9.23. The van der Waals surface area contributed by atoms with Crippen LogP contribution in [0.3, 0.4) is 0 Å². The number of ether oxygens (including phenoxy) is 1. The van der Waals surface area contributed by atoms with Gasteiger partial charge in [-0.2, -0.15) is 0 Å². The number of rotatable bonds is 4. The predicted octanol–water partition coefficient (Wildman–Crippen LogP) is 0.626. The standard InChI is InChI=1S/C11H18N2O2/c1-13(2)10(9-3-4-12-5-9)11(6-14)7-15-8-11/h3-5,10,12,14H,6-8H2,1-2H3. The first-order chi connectivity index (χ1) is 7.19. The first-order valence-electron chi connectivity index (χ1n) is 5.17. The summed E-state index contributed by atoms with van der Waals surface area (Å²) in [5, 5.41) is 9.54. The summed E-state index contributed by atoms with van der Waals surface area (Å²) in [4.78, 5) is 5.20. The van der Waals surface area contributed by atoms with E-state index in [0.29, 0.717) is 13.2 Å². The molecular formula is C11H18N2O2. The minimum Gasteiger partial charge on any atom is -0.396 e. The van der Waals surface area contributed by atoms with Crippen LogP contribution in [0.2, 0.25) is 0 Å². The Balaban J connectivity index is 2.27. The molecule has 0 bridgehead atoms. The van der Waals surface area contributed by atoms with E-state index in [1.807, 2.05) is 26.5 Å². The molecule has 0 spiro atoms. The second-order valence-electron chi connectivity index (χ2n) is 4.52. The number of aromatic amines is 1. The summed E-state index contributed by atoms with van der Waals surface area (Å²) in [6, 6.07) is 2.27. The van der Waals surface area contributed by atoms with Crippen molar-refractivity contribution < 1.29 is 9.84 Å². The molecule has 1 aromatic heterocycles. The molecule has 4 nitrogen and oxygen atoms in total. The normalized spacial score (nSPS) is 21.3. The molecule has 0 radical (unpaired) electrons. The van der Waals surface area contributed by atoms with Gasteiger partial charge in [0.15, 0.2) is 0 Å². The molecule has 1 aromatic rings. The SMILES string of the molecule is CN(C)C(c1cc[nH]c1)C1(CO)COC1. The number of hydrogen-bond donors (Lipinski definition) is 2. The van der Waals surface area contributed by atoms with Crippen molar-refractivity contribution in [2.45, 2.75) is 6.04 Å². The average Bonchev–Trinajstić information content (AvgIpc) is 2.62. The quantitative estimate of drug-likeness (QED) is 0.766. The monoisotopic (exact) mass is 210 g/mol. The molecule has 1 unspecified atom stereocenters. The lowest BCUT2D eigenvalue weighted by atomic mass is 9.76. The molecule has 1 aliphatic rings. The highest BCUT2D eigenvalue weighted by molar-refractivity contribution is 5.19. The molecule has 0 aromatic carbocycles. The third-order valence-corrected chi connectivity index (χ3v) is 3.13. The van der Waals surface area contributed by atoms with Crippen LogP contribution in [0.15, 0.2) is 18.5 Å². The lowest BCUT2D eigenvalue weighted by Gasteiger charge is -2.48. The second-order valence-corrected chi connectivity index (χ2v) is 4.52. The van der Waals surface area contributed by atoms with Crippen molar-refractivity contribution >= 4 is 0 Å². The van der Waals surface area contributed by atoms with Gasteiger partial charge in [0, 0.05) is 18.4 Å². The molecule has 2 rings (SSSR count). The molecule has 4 heteroatoms. The smallest absolute Gasteiger partial charge is 0.0598 e. The number of H-pyrrole nitrogens is 1. The molecule has 0 aliphatic carbocycles. The van der Waals surface area contributed by atoms with Crippen molar-refractivity contribution in [2.75, 3.05) is 33.9 Å². The molecule has 1 atom stereocenters. The molecule has 84 valence electrons. The van der Waals surface area contributed by atoms with Crippen molar-refractivity contribution in [3.8, 4) is 0 Å². The lowest BCUT2D eigenvalue weighted by Crippen LogP contribution is -2.53. The van der Waals surface area contributed by atoms with Gasteiger partial charge < -0.3 is 19.7 Å². The van der Waals surface area contributed by atoms with Gasteiger partial charge in [-0.05, 0) is 25.7 Å². The summed E-state index contributed by atoms with van der Waals surface area (Å²) in [5.74, 6) is 0. The van der Waals surface area contributed by atoms with Crippen molar-refractivity contribution in [1.29, 1.82) is 0 Å². The van der Waals surface area contributed by atoms with Crippen molar-refractivity contribution in [2.24, 2.45) is 5.41 Å². The lowest BCUT2D eigenvalue weighted by molar-refractivity contribution is -0.172. The summed E-state index contributed by atoms with van der Waals surface area (Å²) < 4.78 is 5.26. The molecular weight excluding hydrogens is 192 g/mol. The van der Waals surface area contributed by atoms with Crippen LogP contribution < -0.4 is 0 Å². The van der Waals surface area contributed by atoms with Crippen LogP contribution in [0.25, 0.3) is 0 Å². The maximum atomic E-state index is 9.54. The zero-order valence-electron chi connectivity index (χ0n) is 9.23. The van der Waals surface area contributed by atoms with Gasteiger partial charge >= 0.3 is 0 Å². The van der Waals surface area contributed by atoms with Gasteiger partial charge in [-0.3, -0.25) is 0 Å². The fourth-order valence-corrected chi connectivity index (χ4v) is 2.41. The van der Waals surface area contributed by atoms with Crippen LogP contribution in [0.5, 0.6) is 0 Å². The molecule has 2 heterocycles. The van der Waals surface area contributed by atoms with E-state index < -0.39 is 0 Å². The molecule has 2 N–H and O–H groups in total. The minimum atomic E-state index is -0.133. The van der Waals surface area contributed by atoms with Gasteiger partial charge in [-0.15, -0.1) is 0 Å². The van der Waals surface area contributed by atoms with Gasteiger partial charge in [0.05, 0.1) is 25.2 Å². The van der Waals surface area contributed by atoms with E-state index in [-0.39, 0.29) is 18.1 Å². The zero-order chi connectivity index (χ0) is 10.9. The Kier molecular flexibility index (Phi) is 2.82. The Morgan fingerprint density at radius 3 is 2.67 bits per heavy atom. The van der Waals surface area contributed by atoms with E-state index in [2.05, 4.69) is 16.0 Å². The van der Waals surface area contributed by atoms with Gasteiger partial charge in [0.1, 0.15) is 0 Å². The van der Waals surface area contributed by atoms with E-state index in [1.54, 1.807) is 0 Å². The van der Waals surface area contributed by atoms with Crippen LogP contribution in [-0.2, 0) is 4.74 Å². The Labute approximate surface area is 89.9 Å². The Bertz CT molecular complexity index is 299. The molecule has 15 heavy (non-hydrogen) atoms. The molecule has 1 aliphatic heterocycles. The first-order valence-corrected chi connectivity index (χ1v) is 5.17. The number of nitrogens with zero attached hydrogens (tertiary/aromatic N) is 1. The van der Waals surface area contributed by atoms with Crippen LogP contribution in [0, 0.1) is 5.41 Å². The number of hydrogen-bond acceptors (Lipinski definition) is 3. The molecule has 1 fully saturated rings. The van der Waals surface area contributed by atoms with Crippen LogP contribution in [-0.4, -0.2) is 48.9 Å². The maximum absolute atomic E-state index is 9.54. The van der Waals surface area contributed by atoms with Crippen molar-refractivity contribution in [1.82, 2.24) is 9.88 Å². The summed E-state index contributed by atoms with van der Waals surface area (Å²) in [7, 11) is 4.07. The van der Waals surface area contributed by atoms with E-state index in [1.165, 1.54) is 5.56 Å². The second kappa shape index (κ2) is 3.96. The Morgan fingerprint density at radius 2 is 2.33 bits per heavy atom. The summed E-state index contributed by atoms with van der Waals surface area (Å²) >= 11 is 0. The van der Waals surface area contributed by atoms with Crippen LogP contribution in [0.4, 0.5) is 0 Å². The first kappa shape index (κ1) is 10.7. The van der Waals surface area contributed by atoms with Gasteiger partial charge in [0.2, 0.25) is 0 Å². The third kappa shape index (κ3) is 1.69. The summed E-state index contributed by atoms with van der Waals surface area (Å²) in [6.07, 6.45) is 3.90. The topological polar surface area (TPSA) is 48.5 Å². The largest absolute Gasteiger partial charge is 0.396 e. The Morgan fingerprint density at radius 1 is 1.60 bits per heavy atom. The van der Waals surface area contributed by atoms with Crippen molar-refractivity contribution in [3.05, 3.63) is 24.0 Å². The molecule has 1 saturated heterocycles. The highest BCUT2D eigenvalue weighted by atomic mass is 16.5. The average molecular weight is 210 g/mol. The van der Waals surface area contributed by atoms with Gasteiger partial charge in [-0.25, -0.2) is 0 Å². The highest BCUT2D eigenvalue weighted by Crippen LogP contribution is 2.42. The summed E-state index contributed by atoms with van der Waals surface area (Å²) in [6.45, 7) is 1.44. The highest BCUT2D eigenvalue weighted by Gasteiger charge is 2.47. The van der Waals surface area contributed by atoms with Gasteiger partial charge in [0.25, 0.3) is 0 Å². The number of aliphatic hydroxyl groups is 1. The van der Waals surface area contributed by atoms with Gasteiger partial charge in [-0.1, -0.05) is 0 Å². The number of aliphatic hydroxyl groups excluding tert-OH is 1. The van der Waals surface area contributed by atoms with E-state index >= 15 is 0 Å². The van der Waals surface area contributed by atoms with Crippen LogP contribution in [0.1, 0.15) is 11.6 Å². The Hall–Kier alpha value is -0.840. The number of nitrogens with one attached hydrogen (secondary N) is 1. The fourth-order valence-electron chi connectivity index (χ4n) is 2.41. The van der Waals surface area contributed by atoms with Crippen molar-refractivity contribution in [3.63, 3.8) is 0 Å². The number of aromatic nitrogens is 1.